The molecule has 0 bridgehead atoms. The smallest absolute Gasteiger partial charge is 0.150 e. The topological polar surface area (TPSA) is 38.1 Å². The number of imidazole rings is 1. The average molecular weight is 249 g/mol. The van der Waals surface area contributed by atoms with Crippen molar-refractivity contribution in [3.63, 3.8) is 0 Å². The average Bonchev–Trinajstić information content (AvgIpc) is 2.68. The van der Waals surface area contributed by atoms with Crippen LogP contribution in [-0.4, -0.2) is 14.7 Å². The van der Waals surface area contributed by atoms with Gasteiger partial charge in [-0.25, -0.2) is 4.98 Å². The van der Waals surface area contributed by atoms with Crippen LogP contribution in [0.2, 0.25) is 5.15 Å². The van der Waals surface area contributed by atoms with Crippen LogP contribution in [0.1, 0.15) is 18.5 Å². The quantitative estimate of drug-likeness (QED) is 0.841. The lowest BCUT2D eigenvalue weighted by Crippen LogP contribution is -2.10. The van der Waals surface area contributed by atoms with Gasteiger partial charge in [0.2, 0.25) is 0 Å². The highest BCUT2D eigenvalue weighted by molar-refractivity contribution is 6.30. The van der Waals surface area contributed by atoms with Gasteiger partial charge in [0.15, 0.2) is 5.15 Å². The number of aromatic nitrogens is 2. The number of phenolic OH excluding ortho intramolecular Hbond substituents is 1. The van der Waals surface area contributed by atoms with E-state index in [0.29, 0.717) is 5.15 Å². The molecule has 3 rings (SSSR count). The van der Waals surface area contributed by atoms with Crippen molar-refractivity contribution in [2.75, 3.05) is 0 Å². The van der Waals surface area contributed by atoms with E-state index in [2.05, 4.69) is 9.55 Å². The van der Waals surface area contributed by atoms with Gasteiger partial charge in [0.05, 0.1) is 5.69 Å². The number of rotatable bonds is 1. The first-order valence-corrected chi connectivity index (χ1v) is 6.18. The number of benzene rings is 1. The minimum atomic E-state index is 0.256. The number of hydrogen-bond donors (Lipinski definition) is 1. The lowest BCUT2D eigenvalue weighted by atomic mass is 10.1. The van der Waals surface area contributed by atoms with Crippen LogP contribution in [0.15, 0.2) is 24.3 Å². The third-order valence-electron chi connectivity index (χ3n) is 3.17. The van der Waals surface area contributed by atoms with Gasteiger partial charge in [0, 0.05) is 12.1 Å². The summed E-state index contributed by atoms with van der Waals surface area (Å²) in [5.74, 6) is 1.12. The molecule has 88 valence electrons. The van der Waals surface area contributed by atoms with Gasteiger partial charge in [-0.1, -0.05) is 23.7 Å². The molecule has 2 heterocycles. The highest BCUT2D eigenvalue weighted by Crippen LogP contribution is 2.31. The molecule has 0 saturated carbocycles. The molecule has 1 N–H and O–H groups in total. The molecule has 17 heavy (non-hydrogen) atoms. The summed E-state index contributed by atoms with van der Waals surface area (Å²) in [5.41, 5.74) is 2.04. The summed E-state index contributed by atoms with van der Waals surface area (Å²) in [7, 11) is 0. The SMILES string of the molecule is Oc1cccc(-c2nc(Cl)c3n2CCCC3)c1. The minimum absolute atomic E-state index is 0.256. The van der Waals surface area contributed by atoms with Gasteiger partial charge >= 0.3 is 0 Å². The number of halogens is 1. The first-order valence-electron chi connectivity index (χ1n) is 5.80. The maximum atomic E-state index is 9.52. The minimum Gasteiger partial charge on any atom is -0.508 e. The first kappa shape index (κ1) is 10.7. The van der Waals surface area contributed by atoms with E-state index in [9.17, 15) is 5.11 Å². The van der Waals surface area contributed by atoms with Crippen LogP contribution in [-0.2, 0) is 13.0 Å². The highest BCUT2D eigenvalue weighted by Gasteiger charge is 2.19. The van der Waals surface area contributed by atoms with Gasteiger partial charge < -0.3 is 9.67 Å². The molecular weight excluding hydrogens is 236 g/mol. The van der Waals surface area contributed by atoms with E-state index in [1.807, 2.05) is 12.1 Å². The van der Waals surface area contributed by atoms with E-state index in [1.165, 1.54) is 6.42 Å². The Hall–Kier alpha value is -1.48. The number of aromatic hydroxyl groups is 1. The molecule has 0 spiro atoms. The second kappa shape index (κ2) is 4.08. The van der Waals surface area contributed by atoms with Crippen molar-refractivity contribution in [2.24, 2.45) is 0 Å². The van der Waals surface area contributed by atoms with Crippen molar-refractivity contribution in [1.29, 1.82) is 0 Å². The molecule has 0 saturated heterocycles. The van der Waals surface area contributed by atoms with Crippen molar-refractivity contribution < 1.29 is 5.11 Å². The zero-order chi connectivity index (χ0) is 11.8. The largest absolute Gasteiger partial charge is 0.508 e. The van der Waals surface area contributed by atoms with Gasteiger partial charge in [-0.3, -0.25) is 0 Å². The molecule has 2 aromatic rings. The molecule has 0 amide bonds. The Labute approximate surface area is 105 Å². The summed E-state index contributed by atoms with van der Waals surface area (Å²) >= 11 is 6.16. The number of nitrogens with zero attached hydrogens (tertiary/aromatic N) is 2. The zero-order valence-electron chi connectivity index (χ0n) is 9.36. The summed E-state index contributed by atoms with van der Waals surface area (Å²) < 4.78 is 2.17. The van der Waals surface area contributed by atoms with E-state index in [4.69, 9.17) is 11.6 Å². The van der Waals surface area contributed by atoms with E-state index in [1.54, 1.807) is 12.1 Å². The Morgan fingerprint density at radius 1 is 1.29 bits per heavy atom. The summed E-state index contributed by atoms with van der Waals surface area (Å²) in [4.78, 5) is 4.42. The predicted molar refractivity (Wildman–Crippen MR) is 67.3 cm³/mol. The molecule has 0 aliphatic carbocycles. The third kappa shape index (κ3) is 1.80. The molecular formula is C13H13ClN2O. The lowest BCUT2D eigenvalue weighted by Gasteiger charge is -2.16. The van der Waals surface area contributed by atoms with Gasteiger partial charge in [-0.05, 0) is 31.4 Å². The normalized spacial score (nSPS) is 14.6. The van der Waals surface area contributed by atoms with Crippen LogP contribution in [0.25, 0.3) is 11.4 Å². The Kier molecular flexibility index (Phi) is 2.56. The zero-order valence-corrected chi connectivity index (χ0v) is 10.1. The van der Waals surface area contributed by atoms with Crippen molar-refractivity contribution in [3.8, 4) is 17.1 Å². The number of hydrogen-bond acceptors (Lipinski definition) is 2. The summed E-state index contributed by atoms with van der Waals surface area (Å²) in [5, 5.41) is 10.1. The molecule has 0 fully saturated rings. The van der Waals surface area contributed by atoms with Crippen LogP contribution in [0.4, 0.5) is 0 Å². The van der Waals surface area contributed by atoms with Crippen LogP contribution < -0.4 is 0 Å². The van der Waals surface area contributed by atoms with Gasteiger partial charge in [0.1, 0.15) is 11.6 Å². The van der Waals surface area contributed by atoms with Crippen molar-refractivity contribution in [2.45, 2.75) is 25.8 Å². The second-order valence-electron chi connectivity index (χ2n) is 4.33. The Morgan fingerprint density at radius 2 is 2.18 bits per heavy atom. The van der Waals surface area contributed by atoms with E-state index < -0.39 is 0 Å². The maximum Gasteiger partial charge on any atom is 0.150 e. The molecule has 1 aliphatic rings. The van der Waals surface area contributed by atoms with Gasteiger partial charge in [0.25, 0.3) is 0 Å². The Morgan fingerprint density at radius 3 is 3.00 bits per heavy atom. The molecule has 4 heteroatoms. The molecule has 1 aromatic carbocycles. The fourth-order valence-corrected chi connectivity index (χ4v) is 2.64. The molecule has 0 atom stereocenters. The summed E-state index contributed by atoms with van der Waals surface area (Å²) in [6, 6.07) is 7.15. The molecule has 0 radical (unpaired) electrons. The molecule has 1 aliphatic heterocycles. The van der Waals surface area contributed by atoms with E-state index >= 15 is 0 Å². The third-order valence-corrected chi connectivity index (χ3v) is 3.48. The Balaban J connectivity index is 2.15. The van der Waals surface area contributed by atoms with Crippen LogP contribution in [0.3, 0.4) is 0 Å². The monoisotopic (exact) mass is 248 g/mol. The van der Waals surface area contributed by atoms with E-state index in [-0.39, 0.29) is 5.75 Å². The maximum absolute atomic E-state index is 9.52. The van der Waals surface area contributed by atoms with E-state index in [0.717, 1.165) is 36.5 Å². The first-order chi connectivity index (χ1) is 8.25. The second-order valence-corrected chi connectivity index (χ2v) is 4.69. The molecule has 1 aromatic heterocycles. The van der Waals surface area contributed by atoms with Crippen LogP contribution in [0.5, 0.6) is 5.75 Å². The van der Waals surface area contributed by atoms with Crippen LogP contribution in [0, 0.1) is 0 Å². The lowest BCUT2D eigenvalue weighted by molar-refractivity contribution is 0.475. The fraction of sp³-hybridized carbons (Fsp3) is 0.308. The predicted octanol–water partition coefficient (Wildman–Crippen LogP) is 3.25. The number of fused-ring (bicyclic) bond motifs is 1. The summed E-state index contributed by atoms with van der Waals surface area (Å²) in [6.45, 7) is 0.958. The number of phenols is 1. The summed E-state index contributed by atoms with van der Waals surface area (Å²) in [6.07, 6.45) is 3.32. The van der Waals surface area contributed by atoms with Gasteiger partial charge in [-0.15, -0.1) is 0 Å². The van der Waals surface area contributed by atoms with Crippen molar-refractivity contribution in [1.82, 2.24) is 9.55 Å². The fourth-order valence-electron chi connectivity index (χ4n) is 2.36. The standard InChI is InChI=1S/C13H13ClN2O/c14-12-11-6-1-2-7-16(11)13(15-12)9-4-3-5-10(17)8-9/h3-5,8,17H,1-2,6-7H2. The molecule has 0 unspecified atom stereocenters. The highest BCUT2D eigenvalue weighted by atomic mass is 35.5. The van der Waals surface area contributed by atoms with Crippen LogP contribution >= 0.6 is 11.6 Å². The Bertz CT molecular complexity index is 563. The van der Waals surface area contributed by atoms with Gasteiger partial charge in [-0.2, -0.15) is 0 Å². The van der Waals surface area contributed by atoms with Crippen molar-refractivity contribution in [3.05, 3.63) is 35.1 Å². The van der Waals surface area contributed by atoms with Crippen molar-refractivity contribution >= 4 is 11.6 Å². The molecule has 3 nitrogen and oxygen atoms in total.